The Morgan fingerprint density at radius 1 is 0.793 bits per heavy atom. The molecule has 8 heteroatoms. The van der Waals surface area contributed by atoms with E-state index >= 15 is 0 Å². The van der Waals surface area contributed by atoms with Crippen molar-refractivity contribution < 1.29 is 18.0 Å². The van der Waals surface area contributed by atoms with Crippen molar-refractivity contribution in [2.75, 3.05) is 31.1 Å². The van der Waals surface area contributed by atoms with Crippen LogP contribution in [0.3, 0.4) is 0 Å². The molecule has 1 aliphatic rings. The summed E-state index contributed by atoms with van der Waals surface area (Å²) in [5.41, 5.74) is 1.54. The molecule has 3 aromatic rings. The molecule has 0 saturated carbocycles. The first-order valence-corrected chi connectivity index (χ1v) is 9.10. The van der Waals surface area contributed by atoms with E-state index in [-0.39, 0.29) is 17.3 Å². The van der Waals surface area contributed by atoms with Crippen LogP contribution in [0.15, 0.2) is 54.6 Å². The summed E-state index contributed by atoms with van der Waals surface area (Å²) in [5, 5.41) is 8.44. The lowest BCUT2D eigenvalue weighted by atomic mass is 10.1. The lowest BCUT2D eigenvalue weighted by Crippen LogP contribution is -2.49. The van der Waals surface area contributed by atoms with Gasteiger partial charge in [-0.25, -0.2) is 13.2 Å². The van der Waals surface area contributed by atoms with Crippen LogP contribution in [-0.2, 0) is 0 Å². The standard InChI is InChI=1S/C21H17F3N4O/c22-16-4-1-14(2-5-16)19-7-8-20(26-25-19)27-9-11-28(12-10-27)21(29)15-3-6-17(23)18(24)13-15/h1-8,13H,9-12H2. The van der Waals surface area contributed by atoms with Gasteiger partial charge in [0.05, 0.1) is 5.69 Å². The molecule has 29 heavy (non-hydrogen) atoms. The zero-order valence-corrected chi connectivity index (χ0v) is 15.4. The first kappa shape index (κ1) is 18.9. The summed E-state index contributed by atoms with van der Waals surface area (Å²) in [5.74, 6) is -1.98. The zero-order valence-electron chi connectivity index (χ0n) is 15.4. The Balaban J connectivity index is 1.39. The normalized spacial score (nSPS) is 14.2. The molecule has 0 spiro atoms. The van der Waals surface area contributed by atoms with E-state index in [9.17, 15) is 18.0 Å². The van der Waals surface area contributed by atoms with E-state index in [0.29, 0.717) is 37.7 Å². The highest BCUT2D eigenvalue weighted by molar-refractivity contribution is 5.94. The minimum atomic E-state index is -1.04. The van der Waals surface area contributed by atoms with Crippen LogP contribution in [-0.4, -0.2) is 47.2 Å². The molecule has 2 heterocycles. The van der Waals surface area contributed by atoms with Crippen LogP contribution >= 0.6 is 0 Å². The van der Waals surface area contributed by atoms with Crippen molar-refractivity contribution in [3.8, 4) is 11.3 Å². The van der Waals surface area contributed by atoms with Gasteiger partial charge in [-0.3, -0.25) is 4.79 Å². The molecule has 0 atom stereocenters. The van der Waals surface area contributed by atoms with Crippen molar-refractivity contribution in [2.24, 2.45) is 0 Å². The van der Waals surface area contributed by atoms with E-state index in [0.717, 1.165) is 17.7 Å². The van der Waals surface area contributed by atoms with Gasteiger partial charge in [0.25, 0.3) is 5.91 Å². The molecule has 2 aromatic carbocycles. The summed E-state index contributed by atoms with van der Waals surface area (Å²) < 4.78 is 39.5. The van der Waals surface area contributed by atoms with Crippen LogP contribution in [0.5, 0.6) is 0 Å². The van der Waals surface area contributed by atoms with Gasteiger partial charge >= 0.3 is 0 Å². The number of nitrogens with zero attached hydrogens (tertiary/aromatic N) is 4. The van der Waals surface area contributed by atoms with Gasteiger partial charge in [0.2, 0.25) is 0 Å². The number of aromatic nitrogens is 2. The van der Waals surface area contributed by atoms with Crippen LogP contribution < -0.4 is 4.90 Å². The number of hydrogen-bond acceptors (Lipinski definition) is 4. The van der Waals surface area contributed by atoms with E-state index < -0.39 is 11.6 Å². The van der Waals surface area contributed by atoms with Gasteiger partial charge in [-0.2, -0.15) is 0 Å². The number of anilines is 1. The van der Waals surface area contributed by atoms with Crippen LogP contribution in [0.1, 0.15) is 10.4 Å². The minimum absolute atomic E-state index is 0.126. The van der Waals surface area contributed by atoms with Crippen molar-refractivity contribution in [3.05, 3.63) is 77.6 Å². The van der Waals surface area contributed by atoms with Gasteiger partial charge in [-0.15, -0.1) is 10.2 Å². The fourth-order valence-electron chi connectivity index (χ4n) is 3.22. The third kappa shape index (κ3) is 4.06. The average molecular weight is 398 g/mol. The van der Waals surface area contributed by atoms with E-state index in [1.807, 2.05) is 17.0 Å². The highest BCUT2D eigenvalue weighted by Crippen LogP contribution is 2.20. The fourth-order valence-corrected chi connectivity index (χ4v) is 3.22. The van der Waals surface area contributed by atoms with Crippen LogP contribution in [0.2, 0.25) is 0 Å². The van der Waals surface area contributed by atoms with Crippen LogP contribution in [0, 0.1) is 17.5 Å². The number of carbonyl (C=O) groups is 1. The monoisotopic (exact) mass is 398 g/mol. The molecule has 0 N–H and O–H groups in total. The molecule has 0 aliphatic carbocycles. The Bertz CT molecular complexity index is 1020. The minimum Gasteiger partial charge on any atom is -0.352 e. The molecule has 1 aliphatic heterocycles. The zero-order chi connectivity index (χ0) is 20.4. The summed E-state index contributed by atoms with van der Waals surface area (Å²) in [6.07, 6.45) is 0. The van der Waals surface area contributed by atoms with Gasteiger partial charge in [0.15, 0.2) is 17.5 Å². The summed E-state index contributed by atoms with van der Waals surface area (Å²) >= 11 is 0. The molecule has 1 fully saturated rings. The molecular formula is C21H17F3N4O. The SMILES string of the molecule is O=C(c1ccc(F)c(F)c1)N1CCN(c2ccc(-c3ccc(F)cc3)nn2)CC1. The van der Waals surface area contributed by atoms with Gasteiger partial charge in [0.1, 0.15) is 5.82 Å². The fraction of sp³-hybridized carbons (Fsp3) is 0.190. The molecule has 1 amide bonds. The maximum absolute atomic E-state index is 13.4. The molecule has 0 unspecified atom stereocenters. The Morgan fingerprint density at radius 3 is 2.14 bits per heavy atom. The van der Waals surface area contributed by atoms with Crippen LogP contribution in [0.25, 0.3) is 11.3 Å². The average Bonchev–Trinajstić information content (AvgIpc) is 2.76. The number of amides is 1. The summed E-state index contributed by atoms with van der Waals surface area (Å²) in [7, 11) is 0. The van der Waals surface area contributed by atoms with Crippen molar-refractivity contribution in [2.45, 2.75) is 0 Å². The molecule has 148 valence electrons. The van der Waals surface area contributed by atoms with Crippen molar-refractivity contribution in [3.63, 3.8) is 0 Å². The first-order chi connectivity index (χ1) is 14.0. The topological polar surface area (TPSA) is 49.3 Å². The Hall–Kier alpha value is -3.42. The molecular weight excluding hydrogens is 381 g/mol. The summed E-state index contributed by atoms with van der Waals surface area (Å²) in [4.78, 5) is 16.1. The third-order valence-electron chi connectivity index (χ3n) is 4.85. The molecule has 5 nitrogen and oxygen atoms in total. The second kappa shape index (κ2) is 7.90. The molecule has 1 saturated heterocycles. The Labute approximate surface area is 165 Å². The summed E-state index contributed by atoms with van der Waals surface area (Å²) in [6, 6.07) is 12.8. The van der Waals surface area contributed by atoms with Gasteiger partial charge in [0, 0.05) is 37.3 Å². The second-order valence-corrected chi connectivity index (χ2v) is 6.69. The molecule has 1 aromatic heterocycles. The smallest absolute Gasteiger partial charge is 0.254 e. The predicted octanol–water partition coefficient (Wildman–Crippen LogP) is 3.52. The second-order valence-electron chi connectivity index (χ2n) is 6.69. The lowest BCUT2D eigenvalue weighted by Gasteiger charge is -2.35. The van der Waals surface area contributed by atoms with Gasteiger partial charge in [-0.05, 0) is 54.6 Å². The number of rotatable bonds is 3. The van der Waals surface area contributed by atoms with E-state index in [4.69, 9.17) is 0 Å². The predicted molar refractivity (Wildman–Crippen MR) is 102 cm³/mol. The number of hydrogen-bond donors (Lipinski definition) is 0. The van der Waals surface area contributed by atoms with Gasteiger partial charge in [-0.1, -0.05) is 0 Å². The number of halogens is 3. The third-order valence-corrected chi connectivity index (χ3v) is 4.85. The quantitative estimate of drug-likeness (QED) is 0.678. The maximum atomic E-state index is 13.4. The first-order valence-electron chi connectivity index (χ1n) is 9.10. The van der Waals surface area contributed by atoms with Crippen molar-refractivity contribution in [1.82, 2.24) is 15.1 Å². The Kier molecular flexibility index (Phi) is 5.16. The van der Waals surface area contributed by atoms with Crippen molar-refractivity contribution in [1.29, 1.82) is 0 Å². The largest absolute Gasteiger partial charge is 0.352 e. The van der Waals surface area contributed by atoms with Crippen molar-refractivity contribution >= 4 is 11.7 Å². The lowest BCUT2D eigenvalue weighted by molar-refractivity contribution is 0.0746. The maximum Gasteiger partial charge on any atom is 0.254 e. The van der Waals surface area contributed by atoms with E-state index in [1.54, 1.807) is 17.0 Å². The summed E-state index contributed by atoms with van der Waals surface area (Å²) in [6.45, 7) is 1.94. The number of carbonyl (C=O) groups excluding carboxylic acids is 1. The molecule has 0 bridgehead atoms. The number of piperazine rings is 1. The van der Waals surface area contributed by atoms with E-state index in [1.165, 1.54) is 18.2 Å². The molecule has 0 radical (unpaired) electrons. The van der Waals surface area contributed by atoms with Gasteiger partial charge < -0.3 is 9.80 Å². The number of benzene rings is 2. The highest BCUT2D eigenvalue weighted by Gasteiger charge is 2.23. The molecule has 4 rings (SSSR count). The Morgan fingerprint density at radius 2 is 1.52 bits per heavy atom. The highest BCUT2D eigenvalue weighted by atomic mass is 19.2. The van der Waals surface area contributed by atoms with E-state index in [2.05, 4.69) is 10.2 Å². The van der Waals surface area contributed by atoms with Crippen LogP contribution in [0.4, 0.5) is 19.0 Å².